The maximum Gasteiger partial charge on any atom is 0.305 e. The quantitative estimate of drug-likeness (QED) is 0.777. The van der Waals surface area contributed by atoms with E-state index in [-0.39, 0.29) is 5.97 Å². The third kappa shape index (κ3) is 2.18. The van der Waals surface area contributed by atoms with Crippen molar-refractivity contribution in [3.05, 3.63) is 36.0 Å². The summed E-state index contributed by atoms with van der Waals surface area (Å²) in [5.41, 5.74) is 2.28. The zero-order valence-corrected chi connectivity index (χ0v) is 8.62. The van der Waals surface area contributed by atoms with Gasteiger partial charge in [-0.25, -0.2) is 0 Å². The van der Waals surface area contributed by atoms with Gasteiger partial charge in [-0.1, -0.05) is 6.07 Å². The molecule has 0 spiro atoms. The van der Waals surface area contributed by atoms with Crippen LogP contribution >= 0.6 is 0 Å². The molecule has 2 rings (SSSR count). The van der Waals surface area contributed by atoms with Crippen molar-refractivity contribution in [2.24, 2.45) is 0 Å². The average Bonchev–Trinajstić information content (AvgIpc) is 2.72. The summed E-state index contributed by atoms with van der Waals surface area (Å²) in [5, 5.41) is 1.18. The third-order valence-electron chi connectivity index (χ3n) is 2.46. The molecule has 2 aromatic rings. The van der Waals surface area contributed by atoms with Crippen LogP contribution < -0.4 is 0 Å². The lowest BCUT2D eigenvalue weighted by atomic mass is 10.1. The number of fused-ring (bicyclic) bond motifs is 1. The van der Waals surface area contributed by atoms with Crippen molar-refractivity contribution < 1.29 is 9.53 Å². The lowest BCUT2D eigenvalue weighted by molar-refractivity contribution is -0.140. The van der Waals surface area contributed by atoms with Crippen molar-refractivity contribution in [2.45, 2.75) is 12.8 Å². The minimum Gasteiger partial charge on any atom is -0.469 e. The Morgan fingerprint density at radius 1 is 1.40 bits per heavy atom. The Kier molecular flexibility index (Phi) is 2.72. The highest BCUT2D eigenvalue weighted by atomic mass is 16.5. The zero-order chi connectivity index (χ0) is 10.7. The molecule has 0 aliphatic carbocycles. The smallest absolute Gasteiger partial charge is 0.305 e. The fourth-order valence-electron chi connectivity index (χ4n) is 1.61. The number of ether oxygens (including phenoxy) is 1. The van der Waals surface area contributed by atoms with Crippen LogP contribution in [-0.4, -0.2) is 18.1 Å². The Bertz CT molecular complexity index is 473. The first-order valence-corrected chi connectivity index (χ1v) is 4.92. The van der Waals surface area contributed by atoms with Gasteiger partial charge in [0.1, 0.15) is 0 Å². The molecule has 3 nitrogen and oxygen atoms in total. The first-order chi connectivity index (χ1) is 7.29. The monoisotopic (exact) mass is 203 g/mol. The van der Waals surface area contributed by atoms with E-state index < -0.39 is 0 Å². The largest absolute Gasteiger partial charge is 0.469 e. The van der Waals surface area contributed by atoms with Crippen LogP contribution in [0.2, 0.25) is 0 Å². The number of esters is 1. The summed E-state index contributed by atoms with van der Waals surface area (Å²) >= 11 is 0. The summed E-state index contributed by atoms with van der Waals surface area (Å²) in [4.78, 5) is 14.1. The number of methoxy groups -OCH3 is 1. The standard InChI is InChI=1S/C12H13NO2/c1-15-12(14)5-3-9-2-4-11-10(8-9)6-7-13-11/h2,4,6-8,13H,3,5H2,1H3. The number of carbonyl (C=O) groups excluding carboxylic acids is 1. The Balaban J connectivity index is 2.11. The number of nitrogens with one attached hydrogen (secondary N) is 1. The molecule has 0 bridgehead atoms. The molecule has 15 heavy (non-hydrogen) atoms. The number of aromatic nitrogens is 1. The van der Waals surface area contributed by atoms with Crippen LogP contribution in [0.1, 0.15) is 12.0 Å². The van der Waals surface area contributed by atoms with Gasteiger partial charge in [0.2, 0.25) is 0 Å². The van der Waals surface area contributed by atoms with Gasteiger partial charge in [-0.3, -0.25) is 4.79 Å². The van der Waals surface area contributed by atoms with E-state index in [2.05, 4.69) is 15.8 Å². The van der Waals surface area contributed by atoms with Crippen molar-refractivity contribution in [2.75, 3.05) is 7.11 Å². The normalized spacial score (nSPS) is 10.5. The van der Waals surface area contributed by atoms with Crippen LogP contribution in [0.25, 0.3) is 10.9 Å². The third-order valence-corrected chi connectivity index (χ3v) is 2.46. The van der Waals surface area contributed by atoms with Gasteiger partial charge in [0, 0.05) is 18.1 Å². The molecule has 0 fully saturated rings. The van der Waals surface area contributed by atoms with E-state index in [4.69, 9.17) is 0 Å². The molecule has 1 N–H and O–H groups in total. The number of hydrogen-bond acceptors (Lipinski definition) is 2. The predicted molar refractivity (Wildman–Crippen MR) is 58.6 cm³/mol. The second kappa shape index (κ2) is 4.17. The van der Waals surface area contributed by atoms with Crippen molar-refractivity contribution in [1.29, 1.82) is 0 Å². The van der Waals surface area contributed by atoms with Crippen molar-refractivity contribution in [3.8, 4) is 0 Å². The number of rotatable bonds is 3. The number of hydrogen-bond donors (Lipinski definition) is 1. The summed E-state index contributed by atoms with van der Waals surface area (Å²) in [6.07, 6.45) is 3.08. The summed E-state index contributed by atoms with van der Waals surface area (Å²) in [6.45, 7) is 0. The van der Waals surface area contributed by atoms with E-state index in [9.17, 15) is 4.79 Å². The number of aryl methyl sites for hydroxylation is 1. The Labute approximate surface area is 88.1 Å². The molecule has 0 unspecified atom stereocenters. The summed E-state index contributed by atoms with van der Waals surface area (Å²) < 4.78 is 4.60. The molecule has 0 aliphatic rings. The minimum absolute atomic E-state index is 0.163. The molecule has 3 heteroatoms. The Morgan fingerprint density at radius 3 is 3.07 bits per heavy atom. The SMILES string of the molecule is COC(=O)CCc1ccc2[nH]ccc2c1. The van der Waals surface area contributed by atoms with Gasteiger partial charge in [0.05, 0.1) is 7.11 Å². The van der Waals surface area contributed by atoms with Crippen LogP contribution in [0.4, 0.5) is 0 Å². The summed E-state index contributed by atoms with van der Waals surface area (Å²) in [6, 6.07) is 8.18. The van der Waals surface area contributed by atoms with Crippen molar-refractivity contribution in [1.82, 2.24) is 4.98 Å². The molecule has 1 heterocycles. The zero-order valence-electron chi connectivity index (χ0n) is 8.62. The van der Waals surface area contributed by atoms with E-state index in [0.717, 1.165) is 17.5 Å². The predicted octanol–water partition coefficient (Wildman–Crippen LogP) is 2.27. The van der Waals surface area contributed by atoms with E-state index in [1.54, 1.807) is 0 Å². The first kappa shape index (κ1) is 9.77. The molecule has 0 saturated heterocycles. The van der Waals surface area contributed by atoms with Crippen molar-refractivity contribution >= 4 is 16.9 Å². The van der Waals surface area contributed by atoms with E-state index in [1.165, 1.54) is 12.5 Å². The van der Waals surface area contributed by atoms with Crippen LogP contribution in [0.3, 0.4) is 0 Å². The van der Waals surface area contributed by atoms with Gasteiger partial charge in [0.25, 0.3) is 0 Å². The van der Waals surface area contributed by atoms with Gasteiger partial charge in [0.15, 0.2) is 0 Å². The number of carbonyl (C=O) groups is 1. The highest BCUT2D eigenvalue weighted by Crippen LogP contribution is 2.15. The maximum absolute atomic E-state index is 11.0. The molecular formula is C12H13NO2. The van der Waals surface area contributed by atoms with Crippen molar-refractivity contribution in [3.63, 3.8) is 0 Å². The van der Waals surface area contributed by atoms with E-state index in [0.29, 0.717) is 6.42 Å². The molecule has 0 radical (unpaired) electrons. The minimum atomic E-state index is -0.163. The lowest BCUT2D eigenvalue weighted by Gasteiger charge is -2.00. The second-order valence-electron chi connectivity index (χ2n) is 3.48. The Morgan fingerprint density at radius 2 is 2.27 bits per heavy atom. The molecular weight excluding hydrogens is 190 g/mol. The molecule has 78 valence electrons. The number of aromatic amines is 1. The summed E-state index contributed by atoms with van der Waals surface area (Å²) in [7, 11) is 1.41. The van der Waals surface area contributed by atoms with E-state index >= 15 is 0 Å². The fraction of sp³-hybridized carbons (Fsp3) is 0.250. The van der Waals surface area contributed by atoms with Gasteiger partial charge in [-0.05, 0) is 35.6 Å². The molecule has 0 aliphatic heterocycles. The van der Waals surface area contributed by atoms with Gasteiger partial charge in [-0.15, -0.1) is 0 Å². The number of H-pyrrole nitrogens is 1. The van der Waals surface area contributed by atoms with Crippen LogP contribution in [0.5, 0.6) is 0 Å². The first-order valence-electron chi connectivity index (χ1n) is 4.92. The van der Waals surface area contributed by atoms with Crippen LogP contribution in [0, 0.1) is 0 Å². The summed E-state index contributed by atoms with van der Waals surface area (Å²) in [5.74, 6) is -0.163. The highest BCUT2D eigenvalue weighted by Gasteiger charge is 2.02. The molecule has 1 aromatic heterocycles. The topological polar surface area (TPSA) is 42.1 Å². The lowest BCUT2D eigenvalue weighted by Crippen LogP contribution is -2.01. The highest BCUT2D eigenvalue weighted by molar-refractivity contribution is 5.80. The number of benzene rings is 1. The van der Waals surface area contributed by atoms with Gasteiger partial charge >= 0.3 is 5.97 Å². The Hall–Kier alpha value is -1.77. The molecule has 0 saturated carbocycles. The molecule has 0 amide bonds. The molecule has 0 atom stereocenters. The molecule has 1 aromatic carbocycles. The average molecular weight is 203 g/mol. The van der Waals surface area contributed by atoms with Crippen LogP contribution in [-0.2, 0) is 16.0 Å². The van der Waals surface area contributed by atoms with Gasteiger partial charge < -0.3 is 9.72 Å². The second-order valence-corrected chi connectivity index (χ2v) is 3.48. The van der Waals surface area contributed by atoms with Crippen LogP contribution in [0.15, 0.2) is 30.5 Å². The fourth-order valence-corrected chi connectivity index (χ4v) is 1.61. The van der Waals surface area contributed by atoms with E-state index in [1.807, 2.05) is 24.4 Å². The maximum atomic E-state index is 11.0. The van der Waals surface area contributed by atoms with Gasteiger partial charge in [-0.2, -0.15) is 0 Å².